The van der Waals surface area contributed by atoms with Crippen LogP contribution in [0.4, 0.5) is 19.3 Å². The number of hydrogen-bond acceptors (Lipinski definition) is 5. The molecular formula is C28H34BClF2N2O4. The van der Waals surface area contributed by atoms with Crippen LogP contribution in [0.25, 0.3) is 0 Å². The third kappa shape index (κ3) is 4.36. The Hall–Kier alpha value is -2.36. The van der Waals surface area contributed by atoms with Crippen molar-refractivity contribution in [2.75, 3.05) is 24.5 Å². The van der Waals surface area contributed by atoms with Crippen molar-refractivity contribution in [1.29, 1.82) is 0 Å². The van der Waals surface area contributed by atoms with Gasteiger partial charge in [-0.2, -0.15) is 0 Å². The minimum Gasteiger partial charge on any atom is -0.444 e. The molecule has 0 spiro atoms. The summed E-state index contributed by atoms with van der Waals surface area (Å²) in [4.78, 5) is 16.8. The topological polar surface area (TPSA) is 51.2 Å². The molecule has 2 saturated heterocycles. The molecule has 3 heterocycles. The lowest BCUT2D eigenvalue weighted by Crippen LogP contribution is -2.61. The highest BCUT2D eigenvalue weighted by atomic mass is 35.5. The molecule has 10 heteroatoms. The first kappa shape index (κ1) is 27.2. The average Bonchev–Trinajstić information content (AvgIpc) is 3.22. The highest BCUT2D eigenvalue weighted by Crippen LogP contribution is 2.49. The van der Waals surface area contributed by atoms with Gasteiger partial charge in [-0.1, -0.05) is 23.7 Å². The maximum atomic E-state index is 15.4. The fraction of sp³-hybridized carbons (Fsp3) is 0.536. The van der Waals surface area contributed by atoms with Gasteiger partial charge in [-0.05, 0) is 77.8 Å². The number of nitrogens with zero attached hydrogens (tertiary/aromatic N) is 2. The maximum Gasteiger partial charge on any atom is 0.496 e. The van der Waals surface area contributed by atoms with E-state index in [1.54, 1.807) is 11.0 Å². The van der Waals surface area contributed by atoms with Crippen LogP contribution in [0.5, 0.6) is 0 Å². The second-order valence-corrected chi connectivity index (χ2v) is 12.8. The van der Waals surface area contributed by atoms with Gasteiger partial charge in [0.15, 0.2) is 0 Å². The summed E-state index contributed by atoms with van der Waals surface area (Å²) in [6.45, 7) is 14.1. The molecule has 0 radical (unpaired) electrons. The molecular weight excluding hydrogens is 513 g/mol. The van der Waals surface area contributed by atoms with Gasteiger partial charge in [-0.15, -0.1) is 0 Å². The number of ether oxygens (including phenoxy) is 1. The Kier molecular flexibility index (Phi) is 6.33. The molecule has 0 N–H and O–H groups in total. The summed E-state index contributed by atoms with van der Waals surface area (Å²) in [5, 5.41) is -0.0551. The second kappa shape index (κ2) is 8.83. The van der Waals surface area contributed by atoms with Gasteiger partial charge in [0.25, 0.3) is 0 Å². The van der Waals surface area contributed by atoms with E-state index in [9.17, 15) is 9.18 Å². The number of hydrogen-bond donors (Lipinski definition) is 0. The van der Waals surface area contributed by atoms with E-state index in [1.807, 2.05) is 54.5 Å². The number of benzene rings is 2. The monoisotopic (exact) mass is 546 g/mol. The number of anilines is 1. The summed E-state index contributed by atoms with van der Waals surface area (Å²) < 4.78 is 48.2. The summed E-state index contributed by atoms with van der Waals surface area (Å²) in [7, 11) is -0.884. The number of fused-ring (bicyclic) bond motifs is 3. The van der Waals surface area contributed by atoms with Gasteiger partial charge in [-0.25, -0.2) is 13.6 Å². The van der Waals surface area contributed by atoms with Gasteiger partial charge < -0.3 is 23.8 Å². The smallest absolute Gasteiger partial charge is 0.444 e. The van der Waals surface area contributed by atoms with E-state index >= 15 is 4.39 Å². The first-order chi connectivity index (χ1) is 17.5. The fourth-order valence-corrected chi connectivity index (χ4v) is 5.88. The van der Waals surface area contributed by atoms with Gasteiger partial charge in [0, 0.05) is 30.7 Å². The van der Waals surface area contributed by atoms with Crippen molar-refractivity contribution in [1.82, 2.24) is 4.90 Å². The molecule has 0 aromatic heterocycles. The number of amides is 1. The molecule has 1 unspecified atom stereocenters. The molecule has 0 saturated carbocycles. The number of rotatable bonds is 2. The first-order valence-electron chi connectivity index (χ1n) is 12.9. The molecule has 1 amide bonds. The standard InChI is InChI=1S/C28H34BClF2N2O4/c1-25(2,3)36-24(35)33-11-12-34-21-14-20(32)23(30)22(29-37-26(4,5)27(6,7)38-29)19(21)15-28(34,16-33)17-9-8-10-18(31)13-17/h8-10,13-14H,11-12,15-16H2,1-7H3. The van der Waals surface area contributed by atoms with Crippen molar-refractivity contribution < 1.29 is 27.6 Å². The van der Waals surface area contributed by atoms with Crippen molar-refractivity contribution >= 4 is 36.0 Å². The predicted molar refractivity (Wildman–Crippen MR) is 144 cm³/mol. The van der Waals surface area contributed by atoms with Gasteiger partial charge in [0.05, 0.1) is 28.3 Å². The van der Waals surface area contributed by atoms with Crippen LogP contribution in [-0.4, -0.2) is 54.5 Å². The van der Waals surface area contributed by atoms with Crippen LogP contribution in [0.2, 0.25) is 5.02 Å². The van der Waals surface area contributed by atoms with Crippen LogP contribution in [0.15, 0.2) is 30.3 Å². The highest BCUT2D eigenvalue weighted by Gasteiger charge is 2.56. The fourth-order valence-electron chi connectivity index (χ4n) is 5.62. The van der Waals surface area contributed by atoms with Gasteiger partial charge in [-0.3, -0.25) is 0 Å². The van der Waals surface area contributed by atoms with E-state index in [4.69, 9.17) is 25.6 Å². The lowest BCUT2D eigenvalue weighted by Gasteiger charge is -2.48. The Labute approximate surface area is 228 Å². The summed E-state index contributed by atoms with van der Waals surface area (Å²) in [5.74, 6) is -0.975. The number of halogens is 3. The van der Waals surface area contributed by atoms with E-state index in [0.717, 1.165) is 5.56 Å². The predicted octanol–water partition coefficient (Wildman–Crippen LogP) is 5.43. The molecule has 204 valence electrons. The Bertz CT molecular complexity index is 1280. The van der Waals surface area contributed by atoms with Crippen molar-refractivity contribution in [3.8, 4) is 0 Å². The average molecular weight is 547 g/mol. The Balaban J connectivity index is 1.63. The number of piperazine rings is 1. The minimum absolute atomic E-state index is 0.0551. The summed E-state index contributed by atoms with van der Waals surface area (Å²) in [5.41, 5.74) is -0.309. The normalized spacial score (nSPS) is 23.9. The minimum atomic E-state index is -0.884. The molecule has 2 fully saturated rings. The number of carbonyl (C=O) groups excluding carboxylic acids is 1. The maximum absolute atomic E-state index is 15.4. The molecule has 1 atom stereocenters. The molecule has 6 nitrogen and oxygen atoms in total. The molecule has 0 aliphatic carbocycles. The van der Waals surface area contributed by atoms with E-state index in [1.165, 1.54) is 18.2 Å². The van der Waals surface area contributed by atoms with E-state index in [2.05, 4.69) is 4.90 Å². The first-order valence-corrected chi connectivity index (χ1v) is 13.3. The lowest BCUT2D eigenvalue weighted by molar-refractivity contribution is 0.00578. The van der Waals surface area contributed by atoms with Crippen molar-refractivity contribution in [2.45, 2.75) is 77.2 Å². The van der Waals surface area contributed by atoms with E-state index in [-0.39, 0.29) is 11.6 Å². The van der Waals surface area contributed by atoms with E-state index in [0.29, 0.717) is 36.2 Å². The Morgan fingerprint density at radius 2 is 1.74 bits per heavy atom. The van der Waals surface area contributed by atoms with Crippen molar-refractivity contribution in [2.24, 2.45) is 0 Å². The molecule has 2 aromatic carbocycles. The van der Waals surface area contributed by atoms with Crippen LogP contribution in [0.3, 0.4) is 0 Å². The largest absolute Gasteiger partial charge is 0.496 e. The van der Waals surface area contributed by atoms with Crippen LogP contribution in [0, 0.1) is 11.6 Å². The second-order valence-electron chi connectivity index (χ2n) is 12.4. The van der Waals surface area contributed by atoms with Crippen molar-refractivity contribution in [3.05, 3.63) is 58.1 Å². The lowest BCUT2D eigenvalue weighted by atomic mass is 9.73. The molecule has 3 aliphatic heterocycles. The van der Waals surface area contributed by atoms with Gasteiger partial charge in [0.2, 0.25) is 0 Å². The van der Waals surface area contributed by atoms with Crippen LogP contribution < -0.4 is 10.4 Å². The van der Waals surface area contributed by atoms with E-state index < -0.39 is 47.2 Å². The van der Waals surface area contributed by atoms with Crippen LogP contribution in [-0.2, 0) is 26.0 Å². The summed E-state index contributed by atoms with van der Waals surface area (Å²) in [6, 6.07) is 7.77. The molecule has 3 aliphatic rings. The quantitative estimate of drug-likeness (QED) is 0.471. The molecule has 5 rings (SSSR count). The molecule has 2 aromatic rings. The molecule has 38 heavy (non-hydrogen) atoms. The van der Waals surface area contributed by atoms with Crippen LogP contribution in [0.1, 0.15) is 59.6 Å². The number of carbonyl (C=O) groups is 1. The zero-order chi connectivity index (χ0) is 27.8. The van der Waals surface area contributed by atoms with Gasteiger partial charge in [0.1, 0.15) is 17.2 Å². The Morgan fingerprint density at radius 3 is 2.34 bits per heavy atom. The summed E-state index contributed by atoms with van der Waals surface area (Å²) >= 11 is 6.61. The third-order valence-electron chi connectivity index (χ3n) is 8.17. The Morgan fingerprint density at radius 1 is 1.08 bits per heavy atom. The van der Waals surface area contributed by atoms with Gasteiger partial charge >= 0.3 is 13.2 Å². The highest BCUT2D eigenvalue weighted by molar-refractivity contribution is 6.66. The SMILES string of the molecule is CC(C)(C)OC(=O)N1CCN2c3cc(F)c(Cl)c(B4OC(C)(C)C(C)(C)O4)c3CC2(c2cccc(F)c2)C1. The third-order valence-corrected chi connectivity index (χ3v) is 8.55. The zero-order valence-corrected chi connectivity index (χ0v) is 23.7. The zero-order valence-electron chi connectivity index (χ0n) is 23.0. The summed E-state index contributed by atoms with van der Waals surface area (Å²) in [6.07, 6.45) is -0.0934. The van der Waals surface area contributed by atoms with Crippen LogP contribution >= 0.6 is 11.6 Å². The molecule has 0 bridgehead atoms. The van der Waals surface area contributed by atoms with Crippen molar-refractivity contribution in [3.63, 3.8) is 0 Å².